The van der Waals surface area contributed by atoms with Gasteiger partial charge >= 0.3 is 0 Å². The second-order valence-corrected chi connectivity index (χ2v) is 10.2. The van der Waals surface area contributed by atoms with Crippen LogP contribution >= 0.6 is 0 Å². The van der Waals surface area contributed by atoms with Crippen molar-refractivity contribution >= 4 is 0 Å². The molecule has 2 N–H and O–H groups in total. The van der Waals surface area contributed by atoms with Gasteiger partial charge < -0.3 is 15.1 Å². The Balaban J connectivity index is 1.20. The smallest absolute Gasteiger partial charge is 0.0761 e. The van der Waals surface area contributed by atoms with Crippen molar-refractivity contribution in [3.63, 3.8) is 0 Å². The van der Waals surface area contributed by atoms with Gasteiger partial charge in [0.15, 0.2) is 0 Å². The molecular weight excluding hydrogens is 382 g/mol. The van der Waals surface area contributed by atoms with Crippen LogP contribution in [-0.2, 0) is 6.42 Å². The predicted molar refractivity (Wildman–Crippen MR) is 128 cm³/mol. The molecule has 1 saturated heterocycles. The highest BCUT2D eigenvalue weighted by Crippen LogP contribution is 2.48. The number of allylic oxidation sites excluding steroid dienone is 2. The van der Waals surface area contributed by atoms with Crippen molar-refractivity contribution in [1.29, 1.82) is 0 Å². The number of likely N-dealkylation sites (tertiary alicyclic amines) is 1. The molecule has 3 aliphatic rings. The van der Waals surface area contributed by atoms with Crippen LogP contribution in [0.1, 0.15) is 62.5 Å². The molecule has 1 saturated carbocycles. The number of unbranched alkanes of at least 4 members (excludes halogenated alkanes) is 2. The van der Waals surface area contributed by atoms with Gasteiger partial charge in [0, 0.05) is 12.3 Å². The molecule has 2 aliphatic carbocycles. The largest absolute Gasteiger partial charge is 0.392 e. The molecule has 0 unspecified atom stereocenters. The highest BCUT2D eigenvalue weighted by Gasteiger charge is 2.43. The molecule has 1 heterocycles. The van der Waals surface area contributed by atoms with E-state index in [1.165, 1.54) is 63.7 Å². The van der Waals surface area contributed by atoms with E-state index in [2.05, 4.69) is 42.2 Å². The number of aliphatic hydroxyl groups excluding tert-OH is 2. The number of aryl methyl sites for hydroxylation is 1. The van der Waals surface area contributed by atoms with E-state index in [1.54, 1.807) is 5.57 Å². The fraction of sp³-hybridized carbons (Fsp3) is 0.643. The third-order valence-corrected chi connectivity index (χ3v) is 7.70. The fourth-order valence-corrected chi connectivity index (χ4v) is 6.07. The molecule has 31 heavy (non-hydrogen) atoms. The molecule has 0 bridgehead atoms. The summed E-state index contributed by atoms with van der Waals surface area (Å²) in [6.45, 7) is 5.99. The maximum atomic E-state index is 10.6. The van der Waals surface area contributed by atoms with Crippen LogP contribution in [0.3, 0.4) is 0 Å². The van der Waals surface area contributed by atoms with Crippen molar-refractivity contribution in [3.8, 4) is 0 Å². The summed E-state index contributed by atoms with van der Waals surface area (Å²) >= 11 is 0. The summed E-state index contributed by atoms with van der Waals surface area (Å²) in [6, 6.07) is 8.34. The van der Waals surface area contributed by atoms with Gasteiger partial charge in [0.1, 0.15) is 0 Å². The van der Waals surface area contributed by atoms with Gasteiger partial charge in [0.2, 0.25) is 0 Å². The van der Waals surface area contributed by atoms with Crippen molar-refractivity contribution in [2.75, 3.05) is 19.6 Å². The number of rotatable bonds is 10. The highest BCUT2D eigenvalue weighted by atomic mass is 16.3. The van der Waals surface area contributed by atoms with E-state index >= 15 is 0 Å². The third-order valence-electron chi connectivity index (χ3n) is 7.70. The van der Waals surface area contributed by atoms with Crippen molar-refractivity contribution in [1.82, 2.24) is 4.90 Å². The number of fused-ring (bicyclic) bond motifs is 1. The number of benzene rings is 1. The monoisotopic (exact) mass is 423 g/mol. The third kappa shape index (κ3) is 6.31. The minimum atomic E-state index is -0.488. The zero-order chi connectivity index (χ0) is 21.6. The fourth-order valence-electron chi connectivity index (χ4n) is 6.07. The average molecular weight is 424 g/mol. The van der Waals surface area contributed by atoms with Crippen LogP contribution in [0.4, 0.5) is 0 Å². The first-order valence-electron chi connectivity index (χ1n) is 12.6. The molecule has 5 atom stereocenters. The predicted octanol–water partition coefficient (Wildman–Crippen LogP) is 5.05. The molecule has 2 fully saturated rings. The van der Waals surface area contributed by atoms with Gasteiger partial charge in [-0.25, -0.2) is 0 Å². The minimum absolute atomic E-state index is 0.182. The van der Waals surface area contributed by atoms with Crippen LogP contribution in [0.25, 0.3) is 0 Å². The van der Waals surface area contributed by atoms with E-state index < -0.39 is 6.10 Å². The zero-order valence-electron chi connectivity index (χ0n) is 19.3. The Morgan fingerprint density at radius 3 is 2.81 bits per heavy atom. The van der Waals surface area contributed by atoms with Crippen molar-refractivity contribution in [3.05, 3.63) is 59.2 Å². The molecule has 1 aliphatic heterocycles. The second-order valence-electron chi connectivity index (χ2n) is 10.2. The topological polar surface area (TPSA) is 43.7 Å². The number of hydrogen-bond acceptors (Lipinski definition) is 3. The molecule has 0 spiro atoms. The lowest BCUT2D eigenvalue weighted by Gasteiger charge is -2.19. The van der Waals surface area contributed by atoms with E-state index in [4.69, 9.17) is 0 Å². The lowest BCUT2D eigenvalue weighted by atomic mass is 9.88. The number of nitrogens with zero attached hydrogens (tertiary/aromatic N) is 1. The van der Waals surface area contributed by atoms with Crippen LogP contribution in [0.2, 0.25) is 0 Å². The van der Waals surface area contributed by atoms with Crippen molar-refractivity contribution < 1.29 is 10.2 Å². The molecular formula is C28H41NO2. The van der Waals surface area contributed by atoms with Gasteiger partial charge in [-0.3, -0.25) is 0 Å². The van der Waals surface area contributed by atoms with Gasteiger partial charge in [-0.2, -0.15) is 0 Å². The standard InChI is InChI=1S/C28H41NO2/c1-21-8-7-10-22(16-21)18-25(30)11-12-26-27-19-23(17-24(27)20-28(26)31)9-3-2-4-13-29-14-5-6-15-29/h7-8,10-12,16-17,24-28,30-31H,2-6,9,13-15,18-20H2,1H3/b12-11+/t24-,25+,26+,27-,28+/m0/s1. The lowest BCUT2D eigenvalue weighted by molar-refractivity contribution is 0.140. The van der Waals surface area contributed by atoms with E-state index in [0.29, 0.717) is 18.3 Å². The zero-order valence-corrected chi connectivity index (χ0v) is 19.3. The van der Waals surface area contributed by atoms with E-state index in [9.17, 15) is 10.2 Å². The lowest BCUT2D eigenvalue weighted by Crippen LogP contribution is -2.20. The average Bonchev–Trinajstić information content (AvgIpc) is 3.43. The van der Waals surface area contributed by atoms with E-state index in [1.807, 2.05) is 12.1 Å². The van der Waals surface area contributed by atoms with Gasteiger partial charge in [0.25, 0.3) is 0 Å². The second kappa shape index (κ2) is 10.9. The summed E-state index contributed by atoms with van der Waals surface area (Å²) in [5, 5.41) is 21.1. The Morgan fingerprint density at radius 2 is 2.00 bits per heavy atom. The van der Waals surface area contributed by atoms with Crippen LogP contribution in [0.5, 0.6) is 0 Å². The van der Waals surface area contributed by atoms with E-state index in [0.717, 1.165) is 18.4 Å². The highest BCUT2D eigenvalue weighted by molar-refractivity contribution is 5.24. The maximum absolute atomic E-state index is 10.6. The molecule has 0 aromatic heterocycles. The van der Waals surface area contributed by atoms with Crippen LogP contribution in [-0.4, -0.2) is 47.0 Å². The summed E-state index contributed by atoms with van der Waals surface area (Å²) in [7, 11) is 0. The Kier molecular flexibility index (Phi) is 8.03. The first-order valence-corrected chi connectivity index (χ1v) is 12.6. The summed E-state index contributed by atoms with van der Waals surface area (Å²) < 4.78 is 0. The Labute approximate surface area is 188 Å². The van der Waals surface area contributed by atoms with Crippen LogP contribution in [0.15, 0.2) is 48.1 Å². The van der Waals surface area contributed by atoms with Crippen LogP contribution in [0, 0.1) is 24.7 Å². The first-order chi connectivity index (χ1) is 15.1. The quantitative estimate of drug-likeness (QED) is 0.409. The summed E-state index contributed by atoms with van der Waals surface area (Å²) in [6.07, 6.45) is 16.4. The number of aliphatic hydroxyl groups is 2. The molecule has 3 heteroatoms. The maximum Gasteiger partial charge on any atom is 0.0761 e. The molecule has 1 aromatic carbocycles. The normalized spacial score (nSPS) is 29.6. The molecule has 0 amide bonds. The molecule has 3 nitrogen and oxygen atoms in total. The van der Waals surface area contributed by atoms with Crippen LogP contribution < -0.4 is 0 Å². The van der Waals surface area contributed by atoms with Gasteiger partial charge in [-0.15, -0.1) is 0 Å². The molecule has 1 aromatic rings. The van der Waals surface area contributed by atoms with Gasteiger partial charge in [0.05, 0.1) is 12.2 Å². The molecule has 0 radical (unpaired) electrons. The molecule has 170 valence electrons. The summed E-state index contributed by atoms with van der Waals surface area (Å²) in [4.78, 5) is 2.62. The Hall–Kier alpha value is -1.42. The molecule has 4 rings (SSSR count). The van der Waals surface area contributed by atoms with Gasteiger partial charge in [-0.05, 0) is 88.9 Å². The summed E-state index contributed by atoms with van der Waals surface area (Å²) in [5.41, 5.74) is 4.00. The van der Waals surface area contributed by atoms with E-state index in [-0.39, 0.29) is 12.0 Å². The Morgan fingerprint density at radius 1 is 1.16 bits per heavy atom. The minimum Gasteiger partial charge on any atom is -0.392 e. The van der Waals surface area contributed by atoms with Crippen molar-refractivity contribution in [2.45, 2.75) is 76.9 Å². The van der Waals surface area contributed by atoms with Gasteiger partial charge in [-0.1, -0.05) is 60.1 Å². The van der Waals surface area contributed by atoms with Crippen molar-refractivity contribution in [2.24, 2.45) is 17.8 Å². The SMILES string of the molecule is Cc1cccc(C[C@H](O)/C=C/[C@@H]2[C@H]3CC(CCCCCN4CCCC4)=C[C@H]3C[C@H]2O)c1. The number of hydrogen-bond donors (Lipinski definition) is 2. The summed E-state index contributed by atoms with van der Waals surface area (Å²) in [5.74, 6) is 1.23. The first kappa shape index (κ1) is 22.8. The Bertz CT molecular complexity index is 764.